The first kappa shape index (κ1) is 14.8. The molecule has 0 saturated carbocycles. The fourth-order valence-electron chi connectivity index (χ4n) is 2.06. The largest absolute Gasteiger partial charge is 0.355 e. The van der Waals surface area contributed by atoms with Crippen molar-refractivity contribution in [3.05, 3.63) is 48.0 Å². The van der Waals surface area contributed by atoms with Gasteiger partial charge in [-0.15, -0.1) is 24.0 Å². The fraction of sp³-hybridized carbons (Fsp3) is 0.200. The highest BCUT2D eigenvalue weighted by molar-refractivity contribution is 14.0. The Hall–Kier alpha value is -1.63. The molecule has 0 fully saturated rings. The van der Waals surface area contributed by atoms with Crippen molar-refractivity contribution >= 4 is 46.9 Å². The van der Waals surface area contributed by atoms with E-state index in [0.717, 1.165) is 31.0 Å². The van der Waals surface area contributed by atoms with E-state index in [4.69, 9.17) is 0 Å². The molecular weight excluding hydrogens is 363 g/mol. The Kier molecular flexibility index (Phi) is 5.34. The van der Waals surface area contributed by atoms with E-state index in [1.807, 2.05) is 18.3 Å². The molecule has 1 heterocycles. The number of hydrogen-bond donors (Lipinski definition) is 2. The summed E-state index contributed by atoms with van der Waals surface area (Å²) in [6.45, 7) is 1.82. The third-order valence-corrected chi connectivity index (χ3v) is 3.05. The Labute approximate surface area is 135 Å². The lowest BCUT2D eigenvalue weighted by molar-refractivity contribution is 0.712. The maximum atomic E-state index is 4.29. The number of nitrogens with one attached hydrogen (secondary N) is 2. The second-order valence-electron chi connectivity index (χ2n) is 4.49. The number of guanidine groups is 1. The molecule has 3 rings (SSSR count). The van der Waals surface area contributed by atoms with Crippen LogP contribution in [-0.2, 0) is 0 Å². The number of benzene rings is 2. The van der Waals surface area contributed by atoms with Crippen LogP contribution >= 0.6 is 24.0 Å². The van der Waals surface area contributed by atoms with Gasteiger partial charge in [0.25, 0.3) is 0 Å². The minimum Gasteiger partial charge on any atom is -0.355 e. The molecule has 5 heteroatoms. The summed E-state index contributed by atoms with van der Waals surface area (Å²) in [6, 6.07) is 14.6. The Morgan fingerprint density at radius 2 is 2.00 bits per heavy atom. The van der Waals surface area contributed by atoms with E-state index < -0.39 is 0 Å². The van der Waals surface area contributed by atoms with E-state index in [1.165, 1.54) is 10.8 Å². The molecule has 4 nitrogen and oxygen atoms in total. The zero-order valence-electron chi connectivity index (χ0n) is 11.0. The molecule has 0 unspecified atom stereocenters. The molecule has 0 spiro atoms. The highest BCUT2D eigenvalue weighted by Crippen LogP contribution is 2.14. The van der Waals surface area contributed by atoms with Crippen LogP contribution in [0.5, 0.6) is 0 Å². The zero-order valence-corrected chi connectivity index (χ0v) is 13.4. The van der Waals surface area contributed by atoms with Crippen LogP contribution in [0.4, 0.5) is 0 Å². The first-order valence-electron chi connectivity index (χ1n) is 6.48. The number of halogens is 1. The lowest BCUT2D eigenvalue weighted by Gasteiger charge is -2.12. The molecule has 0 aromatic heterocycles. The first-order valence-corrected chi connectivity index (χ1v) is 6.48. The molecule has 0 atom stereocenters. The number of nitrogens with zero attached hydrogens (tertiary/aromatic N) is 2. The van der Waals surface area contributed by atoms with Crippen LogP contribution in [0.15, 0.2) is 52.6 Å². The number of rotatable bonds is 2. The van der Waals surface area contributed by atoms with Crippen LogP contribution < -0.4 is 10.7 Å². The van der Waals surface area contributed by atoms with Crippen LogP contribution in [0, 0.1) is 0 Å². The predicted octanol–water partition coefficient (Wildman–Crippen LogP) is 2.73. The van der Waals surface area contributed by atoms with Crippen molar-refractivity contribution in [3.63, 3.8) is 0 Å². The summed E-state index contributed by atoms with van der Waals surface area (Å²) >= 11 is 0. The Morgan fingerprint density at radius 1 is 1.15 bits per heavy atom. The van der Waals surface area contributed by atoms with Gasteiger partial charge in [0.15, 0.2) is 0 Å². The van der Waals surface area contributed by atoms with Gasteiger partial charge in [-0.05, 0) is 28.8 Å². The Bertz CT molecular complexity index is 637. The minimum absolute atomic E-state index is 0. The molecule has 0 radical (unpaired) electrons. The van der Waals surface area contributed by atoms with Gasteiger partial charge in [0.2, 0.25) is 5.96 Å². The summed E-state index contributed by atoms with van der Waals surface area (Å²) in [7, 11) is 0. The fourth-order valence-corrected chi connectivity index (χ4v) is 2.06. The average molecular weight is 380 g/mol. The van der Waals surface area contributed by atoms with Gasteiger partial charge in [0, 0.05) is 13.1 Å². The molecule has 2 aromatic carbocycles. The molecule has 0 saturated heterocycles. The van der Waals surface area contributed by atoms with Crippen molar-refractivity contribution in [1.82, 2.24) is 10.7 Å². The maximum absolute atomic E-state index is 4.29. The second-order valence-corrected chi connectivity index (χ2v) is 4.49. The molecule has 104 valence electrons. The quantitative estimate of drug-likeness (QED) is 0.478. The molecular formula is C15H17IN4. The lowest BCUT2D eigenvalue weighted by Crippen LogP contribution is -2.38. The smallest absolute Gasteiger partial charge is 0.212 e. The van der Waals surface area contributed by atoms with E-state index in [2.05, 4.69) is 51.2 Å². The molecule has 0 aliphatic carbocycles. The van der Waals surface area contributed by atoms with Crippen LogP contribution in [0.1, 0.15) is 12.0 Å². The monoisotopic (exact) mass is 380 g/mol. The number of fused-ring (bicyclic) bond motifs is 1. The third-order valence-electron chi connectivity index (χ3n) is 3.05. The van der Waals surface area contributed by atoms with E-state index in [9.17, 15) is 0 Å². The van der Waals surface area contributed by atoms with Gasteiger partial charge in [0.05, 0.1) is 6.21 Å². The van der Waals surface area contributed by atoms with Gasteiger partial charge in [-0.3, -0.25) is 4.99 Å². The summed E-state index contributed by atoms with van der Waals surface area (Å²) < 4.78 is 0. The normalized spacial score (nSPS) is 14.5. The van der Waals surface area contributed by atoms with Crippen molar-refractivity contribution in [2.45, 2.75) is 6.42 Å². The SMILES string of the molecule is C(=NNC1=NCCCN1)c1ccc2ccccc2c1.I. The van der Waals surface area contributed by atoms with Crippen LogP contribution in [0.25, 0.3) is 10.8 Å². The summed E-state index contributed by atoms with van der Waals surface area (Å²) in [6.07, 6.45) is 2.89. The number of hydrogen-bond acceptors (Lipinski definition) is 4. The third kappa shape index (κ3) is 3.69. The van der Waals surface area contributed by atoms with Gasteiger partial charge in [-0.2, -0.15) is 5.10 Å². The minimum atomic E-state index is 0. The summed E-state index contributed by atoms with van der Waals surface area (Å²) in [4.78, 5) is 4.29. The van der Waals surface area contributed by atoms with Gasteiger partial charge in [0.1, 0.15) is 0 Å². The Morgan fingerprint density at radius 3 is 2.80 bits per heavy atom. The molecule has 2 N–H and O–H groups in total. The lowest BCUT2D eigenvalue weighted by atomic mass is 10.1. The molecule has 0 bridgehead atoms. The predicted molar refractivity (Wildman–Crippen MR) is 95.0 cm³/mol. The standard InChI is InChI=1S/C15H16N4.HI/c1-2-5-14-10-12(6-7-13(14)4-1)11-18-19-15-16-8-3-9-17-15;/h1-2,4-7,10-11H,3,8-9H2,(H2,16,17,19);1H. The zero-order chi connectivity index (χ0) is 12.9. The number of hydrazone groups is 1. The first-order chi connectivity index (χ1) is 9.42. The van der Waals surface area contributed by atoms with Crippen molar-refractivity contribution in [2.24, 2.45) is 10.1 Å². The van der Waals surface area contributed by atoms with E-state index in [0.29, 0.717) is 0 Å². The molecule has 1 aliphatic rings. The number of aliphatic imine (C=N–C) groups is 1. The Balaban J connectivity index is 0.00000147. The van der Waals surface area contributed by atoms with E-state index >= 15 is 0 Å². The molecule has 1 aliphatic heterocycles. The highest BCUT2D eigenvalue weighted by atomic mass is 127. The van der Waals surface area contributed by atoms with Gasteiger partial charge in [-0.25, -0.2) is 5.43 Å². The topological polar surface area (TPSA) is 48.8 Å². The van der Waals surface area contributed by atoms with E-state index in [1.54, 1.807) is 0 Å². The van der Waals surface area contributed by atoms with Crippen LogP contribution in [0.2, 0.25) is 0 Å². The maximum Gasteiger partial charge on any atom is 0.212 e. The molecule has 20 heavy (non-hydrogen) atoms. The summed E-state index contributed by atoms with van der Waals surface area (Å²) in [5.41, 5.74) is 4.00. The van der Waals surface area contributed by atoms with Crippen molar-refractivity contribution < 1.29 is 0 Å². The molecule has 2 aromatic rings. The van der Waals surface area contributed by atoms with Crippen molar-refractivity contribution in [3.8, 4) is 0 Å². The summed E-state index contributed by atoms with van der Waals surface area (Å²) in [5, 5.41) is 9.83. The van der Waals surface area contributed by atoms with Gasteiger partial charge >= 0.3 is 0 Å². The van der Waals surface area contributed by atoms with Crippen molar-refractivity contribution in [1.29, 1.82) is 0 Å². The van der Waals surface area contributed by atoms with Crippen molar-refractivity contribution in [2.75, 3.05) is 13.1 Å². The van der Waals surface area contributed by atoms with Gasteiger partial charge < -0.3 is 5.32 Å². The summed E-state index contributed by atoms with van der Waals surface area (Å²) in [5.74, 6) is 0.753. The second kappa shape index (κ2) is 7.23. The van der Waals surface area contributed by atoms with Gasteiger partial charge in [-0.1, -0.05) is 36.4 Å². The van der Waals surface area contributed by atoms with Crippen LogP contribution in [-0.4, -0.2) is 25.3 Å². The molecule has 0 amide bonds. The van der Waals surface area contributed by atoms with E-state index in [-0.39, 0.29) is 24.0 Å². The highest BCUT2D eigenvalue weighted by Gasteiger charge is 2.00. The average Bonchev–Trinajstić information content (AvgIpc) is 2.48. The van der Waals surface area contributed by atoms with Crippen LogP contribution in [0.3, 0.4) is 0 Å².